The van der Waals surface area contributed by atoms with E-state index >= 15 is 0 Å². The molecule has 0 unspecified atom stereocenters. The third-order valence-corrected chi connectivity index (χ3v) is 17.3. The number of hydrogen-bond acceptors (Lipinski definition) is 11. The first-order chi connectivity index (χ1) is 33.0. The number of aryl methyl sites for hydroxylation is 2. The largest absolute Gasteiger partial charge is 0.480 e. The highest BCUT2D eigenvalue weighted by molar-refractivity contribution is 9.11. The van der Waals surface area contributed by atoms with Crippen molar-refractivity contribution in [3.05, 3.63) is 67.9 Å². The van der Waals surface area contributed by atoms with Gasteiger partial charge in [-0.15, -0.1) is 0 Å². The van der Waals surface area contributed by atoms with Crippen LogP contribution in [-0.2, 0) is 42.0 Å². The molecule has 21 heteroatoms. The van der Waals surface area contributed by atoms with Gasteiger partial charge in [-0.05, 0) is 121 Å². The number of Topliss-reactive ketones (excluding diaryl/α,β-unsaturated/α-hetero) is 2. The fourth-order valence-corrected chi connectivity index (χ4v) is 11.5. The summed E-state index contributed by atoms with van der Waals surface area (Å²) in [5, 5.41) is 21.1. The van der Waals surface area contributed by atoms with Crippen molar-refractivity contribution in [1.29, 1.82) is 0 Å². The molecule has 2 atom stereocenters. The van der Waals surface area contributed by atoms with Crippen molar-refractivity contribution in [1.82, 2.24) is 18.8 Å². The number of ether oxygens (including phenoxy) is 4. The fourth-order valence-electron chi connectivity index (χ4n) is 8.38. The third-order valence-electron chi connectivity index (χ3n) is 12.0. The second kappa shape index (κ2) is 26.4. The Morgan fingerprint density at radius 2 is 1.21 bits per heavy atom. The van der Waals surface area contributed by atoms with E-state index in [0.29, 0.717) is 56.9 Å². The number of amides is 1. The zero-order valence-electron chi connectivity index (χ0n) is 43.6. The van der Waals surface area contributed by atoms with Crippen molar-refractivity contribution in [2.45, 2.75) is 150 Å². The van der Waals surface area contributed by atoms with Gasteiger partial charge in [0, 0.05) is 79.1 Å². The molecule has 0 bridgehead atoms. The molecule has 71 heavy (non-hydrogen) atoms. The van der Waals surface area contributed by atoms with E-state index in [0.717, 1.165) is 79.0 Å². The van der Waals surface area contributed by atoms with Crippen molar-refractivity contribution in [3.63, 3.8) is 0 Å². The first-order valence-electron chi connectivity index (χ1n) is 24.2. The van der Waals surface area contributed by atoms with Crippen LogP contribution in [0.2, 0.25) is 58.2 Å². The summed E-state index contributed by atoms with van der Waals surface area (Å²) in [6.45, 7) is 28.0. The van der Waals surface area contributed by atoms with Gasteiger partial charge in [-0.25, -0.2) is 9.59 Å². The molecule has 0 aliphatic carbocycles. The van der Waals surface area contributed by atoms with Crippen molar-refractivity contribution in [2.75, 3.05) is 38.2 Å². The Hall–Kier alpha value is -3.15. The molecule has 2 N–H and O–H groups in total. The Morgan fingerprint density at radius 1 is 0.746 bits per heavy atom. The number of carboxylic acids is 1. The Kier molecular flexibility index (Phi) is 22.4. The Balaban J connectivity index is 0.000000250. The van der Waals surface area contributed by atoms with Crippen molar-refractivity contribution < 1.29 is 53.1 Å². The van der Waals surface area contributed by atoms with Crippen LogP contribution in [0.3, 0.4) is 0 Å². The maximum absolute atomic E-state index is 13.1. The monoisotopic (exact) mass is 1210 g/mol. The van der Waals surface area contributed by atoms with Gasteiger partial charge < -0.3 is 43.0 Å². The molecule has 392 valence electrons. The lowest BCUT2D eigenvalue weighted by Gasteiger charge is -2.26. The summed E-state index contributed by atoms with van der Waals surface area (Å²) in [5.74, 6) is -1.59. The van der Waals surface area contributed by atoms with E-state index < -0.39 is 58.9 Å². The Bertz CT molecular complexity index is 2520. The van der Waals surface area contributed by atoms with E-state index in [1.54, 1.807) is 38.5 Å². The summed E-state index contributed by atoms with van der Waals surface area (Å²) in [5.41, 5.74) is 4.57. The predicted molar refractivity (Wildman–Crippen MR) is 298 cm³/mol. The highest BCUT2D eigenvalue weighted by Crippen LogP contribution is 2.34. The van der Waals surface area contributed by atoms with Crippen molar-refractivity contribution in [2.24, 2.45) is 0 Å². The molecular weight excluding hydrogens is 1140 g/mol. The van der Waals surface area contributed by atoms with E-state index in [9.17, 15) is 29.0 Å². The van der Waals surface area contributed by atoms with Gasteiger partial charge in [0.15, 0.2) is 12.4 Å². The first-order valence-corrected chi connectivity index (χ1v) is 34.3. The molecule has 0 saturated carbocycles. The molecule has 2 aliphatic heterocycles. The molecular formula is C50H74BBr3N4O11Si2. The van der Waals surface area contributed by atoms with Gasteiger partial charge in [0.25, 0.3) is 0 Å². The van der Waals surface area contributed by atoms with E-state index in [1.807, 2.05) is 35.9 Å². The zero-order valence-corrected chi connectivity index (χ0v) is 50.3. The highest BCUT2D eigenvalue weighted by atomic mass is 79.9. The number of fused-ring (bicyclic) bond motifs is 2. The average molecular weight is 1210 g/mol. The summed E-state index contributed by atoms with van der Waals surface area (Å²) < 4.78 is 28.3. The lowest BCUT2D eigenvalue weighted by atomic mass is 9.84. The molecule has 2 aromatic carbocycles. The van der Waals surface area contributed by atoms with Crippen molar-refractivity contribution in [3.8, 4) is 0 Å². The second-order valence-electron chi connectivity index (χ2n) is 21.7. The number of rotatable bonds is 18. The number of nitrogens with zero attached hydrogens (tertiary/aromatic N) is 4. The van der Waals surface area contributed by atoms with Gasteiger partial charge in [0.2, 0.25) is 5.78 Å². The first kappa shape index (κ1) is 60.4. The van der Waals surface area contributed by atoms with Crippen LogP contribution in [0.5, 0.6) is 0 Å². The Labute approximate surface area is 447 Å². The van der Waals surface area contributed by atoms with Crippen LogP contribution >= 0.6 is 47.8 Å². The molecule has 2 aromatic heterocycles. The highest BCUT2D eigenvalue weighted by Gasteiger charge is 2.37. The van der Waals surface area contributed by atoms with Crippen LogP contribution in [-0.4, -0.2) is 138 Å². The summed E-state index contributed by atoms with van der Waals surface area (Å²) in [6, 6.07) is 8.43. The smallest absolute Gasteiger partial charge is 0.411 e. The fraction of sp³-hybridized carbons (Fsp3) is 0.580. The quantitative estimate of drug-likeness (QED) is 0.0317. The maximum Gasteiger partial charge on any atom is 0.411 e. The summed E-state index contributed by atoms with van der Waals surface area (Å²) >= 11 is 10.5. The van der Waals surface area contributed by atoms with Crippen molar-refractivity contribution >= 4 is 122 Å². The lowest BCUT2D eigenvalue weighted by Crippen LogP contribution is -2.45. The zero-order chi connectivity index (χ0) is 53.2. The number of halogens is 3. The topological polar surface area (TPSA) is 179 Å². The minimum Gasteiger partial charge on any atom is -0.480 e. The number of hydrogen-bond donors (Lipinski definition) is 2. The molecule has 15 nitrogen and oxygen atoms in total. The van der Waals surface area contributed by atoms with E-state index in [-0.39, 0.29) is 18.2 Å². The number of aromatic nitrogens is 2. The lowest BCUT2D eigenvalue weighted by molar-refractivity contribution is -0.146. The third kappa shape index (κ3) is 17.5. The minimum absolute atomic E-state index is 0.0870. The molecule has 1 amide bonds. The average Bonchev–Trinajstić information content (AvgIpc) is 4.09. The standard InChI is InChI=1S/C23H34BBrN2O5Si.C17H23Br2NO2Si.C10H17NO4/c1-16-13-26(15-31-11-12-33(3,4)5)22-17(8-9-18(25)21(16)22)20(28)14-32-23(29)19-7-6-10-27(19)24(2)30;1-12-10-20(11-22-7-8-23(2,3)4)17-13(15(21)9-18)5-6-14(19)16(12)17;1-10(2,3)15-9(14)11-6-4-5-7(11)8(12)13/h8-9,13,19,30H,6-7,10-12,14-15H2,1-5H3;5-6,10H,7-9,11H2,1-4H3;7H,4-6H2,1-3H3,(H,12,13)/t19-;;7-/m0.0/s1. The normalized spacial score (nSPS) is 16.4. The number of likely N-dealkylation sites (tertiary alicyclic amines) is 1. The van der Waals surface area contributed by atoms with Crippen LogP contribution in [0, 0.1) is 13.8 Å². The number of carbonyl (C=O) groups is 5. The molecule has 2 aliphatic rings. The van der Waals surface area contributed by atoms with Gasteiger partial charge >= 0.3 is 25.1 Å². The van der Waals surface area contributed by atoms with Gasteiger partial charge in [-0.2, -0.15) is 0 Å². The number of benzene rings is 2. The number of aliphatic carboxylic acids is 1. The van der Waals surface area contributed by atoms with Crippen LogP contribution in [0.1, 0.15) is 78.3 Å². The molecule has 4 aromatic rings. The molecule has 4 heterocycles. The molecule has 2 saturated heterocycles. The number of alkyl halides is 1. The number of carbonyl (C=O) groups excluding carboxylic acids is 4. The van der Waals surface area contributed by atoms with Gasteiger partial charge in [0.1, 0.15) is 31.1 Å². The van der Waals surface area contributed by atoms with Gasteiger partial charge in [-0.3, -0.25) is 19.3 Å². The summed E-state index contributed by atoms with van der Waals surface area (Å²) in [6.07, 6.45) is 6.19. The molecule has 6 rings (SSSR count). The van der Waals surface area contributed by atoms with E-state index in [1.165, 1.54) is 4.90 Å². The number of carboxylic acid groups (broad SMARTS) is 1. The molecule has 0 spiro atoms. The minimum atomic E-state index is -1.19. The Morgan fingerprint density at radius 3 is 1.65 bits per heavy atom. The second-order valence-corrected chi connectivity index (χ2v) is 35.2. The van der Waals surface area contributed by atoms with Crippen LogP contribution in [0.25, 0.3) is 21.8 Å². The van der Waals surface area contributed by atoms with Gasteiger partial charge in [0.05, 0.1) is 16.4 Å². The number of esters is 1. The van der Waals surface area contributed by atoms with Crippen LogP contribution in [0.15, 0.2) is 45.6 Å². The van der Waals surface area contributed by atoms with Crippen LogP contribution < -0.4 is 0 Å². The number of ketones is 2. The van der Waals surface area contributed by atoms with E-state index in [2.05, 4.69) is 105 Å². The maximum atomic E-state index is 13.1. The predicted octanol–water partition coefficient (Wildman–Crippen LogP) is 11.4. The van der Waals surface area contributed by atoms with E-state index in [4.69, 9.17) is 24.1 Å². The van der Waals surface area contributed by atoms with Crippen LogP contribution in [0.4, 0.5) is 4.79 Å². The summed E-state index contributed by atoms with van der Waals surface area (Å²) in [7, 11) is -3.00. The molecule has 0 radical (unpaired) electrons. The van der Waals surface area contributed by atoms with Gasteiger partial charge in [-0.1, -0.05) is 87.1 Å². The summed E-state index contributed by atoms with van der Waals surface area (Å²) in [4.78, 5) is 63.4. The molecule has 2 fully saturated rings. The SMILES string of the molecule is CB(O)N1CCC[C@H]1C(=O)OCC(=O)c1ccc(Br)c2c(C)cn(COCC[Si](C)(C)C)c12.CC(C)(C)OC(=O)N1CCC[C@H]1C(=O)O.Cc1cn(COCC[Si](C)(C)C)c2c(C(=O)CBr)ccc(Br)c12.